The van der Waals surface area contributed by atoms with Crippen LogP contribution in [0.5, 0.6) is 0 Å². The molecule has 0 aliphatic carbocycles. The average molecular weight is 364 g/mol. The summed E-state index contributed by atoms with van der Waals surface area (Å²) in [5, 5.41) is 0. The molecule has 2 aromatic carbocycles. The fourth-order valence-corrected chi connectivity index (χ4v) is 4.43. The molecule has 27 heavy (non-hydrogen) atoms. The van der Waals surface area contributed by atoms with Gasteiger partial charge in [0.1, 0.15) is 0 Å². The summed E-state index contributed by atoms with van der Waals surface area (Å²) in [5.41, 5.74) is 3.80. The zero-order chi connectivity index (χ0) is 18.6. The Morgan fingerprint density at radius 1 is 0.963 bits per heavy atom. The number of carbonyl (C=O) groups excluding carboxylic acids is 1. The molecule has 2 aromatic rings. The van der Waals surface area contributed by atoms with Crippen molar-refractivity contribution >= 4 is 5.91 Å². The number of hydrogen-bond acceptors (Lipinski definition) is 3. The summed E-state index contributed by atoms with van der Waals surface area (Å²) in [4.78, 5) is 17.3. The molecule has 0 unspecified atom stereocenters. The predicted octanol–water partition coefficient (Wildman–Crippen LogP) is 3.42. The van der Waals surface area contributed by atoms with Crippen LogP contribution in [0.3, 0.4) is 0 Å². The third-order valence-electron chi connectivity index (χ3n) is 5.87. The summed E-state index contributed by atoms with van der Waals surface area (Å²) in [5.74, 6) is 0.467. The van der Waals surface area contributed by atoms with Crippen molar-refractivity contribution in [3.63, 3.8) is 0 Å². The Bertz CT molecular complexity index is 760. The third-order valence-corrected chi connectivity index (χ3v) is 5.87. The van der Waals surface area contributed by atoms with E-state index in [4.69, 9.17) is 4.74 Å². The van der Waals surface area contributed by atoms with Gasteiger partial charge >= 0.3 is 0 Å². The molecule has 3 fully saturated rings. The molecule has 0 spiro atoms. The van der Waals surface area contributed by atoms with Gasteiger partial charge in [0.15, 0.2) is 0 Å². The number of rotatable bonds is 6. The Morgan fingerprint density at radius 2 is 1.70 bits per heavy atom. The summed E-state index contributed by atoms with van der Waals surface area (Å²) >= 11 is 0. The lowest BCUT2D eigenvalue weighted by Gasteiger charge is -2.35. The number of benzene rings is 2. The van der Waals surface area contributed by atoms with Crippen molar-refractivity contribution in [3.05, 3.63) is 60.2 Å². The molecule has 3 aliphatic heterocycles. The molecule has 4 nitrogen and oxygen atoms in total. The maximum atomic E-state index is 12.8. The van der Waals surface area contributed by atoms with Crippen molar-refractivity contribution < 1.29 is 9.53 Å². The van der Waals surface area contributed by atoms with Gasteiger partial charge in [-0.25, -0.2) is 0 Å². The molecule has 0 saturated carbocycles. The molecule has 1 amide bonds. The SMILES string of the molecule is COCCN1C(=O)[C@@H]2CC[C@H]1CN(Cc1ccc(-c3ccccc3)cc1)C2. The average Bonchev–Trinajstić information content (AvgIpc) is 2.98. The maximum absolute atomic E-state index is 12.8. The van der Waals surface area contributed by atoms with Gasteiger partial charge in [-0.1, -0.05) is 54.6 Å². The zero-order valence-corrected chi connectivity index (χ0v) is 16.0. The molecule has 0 aromatic heterocycles. The second kappa shape index (κ2) is 8.24. The van der Waals surface area contributed by atoms with Crippen LogP contribution in [-0.4, -0.2) is 55.1 Å². The summed E-state index contributed by atoms with van der Waals surface area (Å²) in [6.07, 6.45) is 2.14. The van der Waals surface area contributed by atoms with Gasteiger partial charge in [0, 0.05) is 39.3 Å². The van der Waals surface area contributed by atoms with E-state index in [2.05, 4.69) is 58.3 Å². The van der Waals surface area contributed by atoms with E-state index >= 15 is 0 Å². The van der Waals surface area contributed by atoms with Gasteiger partial charge in [0.25, 0.3) is 0 Å². The van der Waals surface area contributed by atoms with Crippen LogP contribution >= 0.6 is 0 Å². The molecular weight excluding hydrogens is 336 g/mol. The molecule has 4 heteroatoms. The summed E-state index contributed by atoms with van der Waals surface area (Å²) in [6.45, 7) is 4.09. The van der Waals surface area contributed by atoms with Gasteiger partial charge in [-0.3, -0.25) is 9.69 Å². The van der Waals surface area contributed by atoms with Gasteiger partial charge < -0.3 is 9.64 Å². The standard InChI is InChI=1S/C23H28N2O2/c1-27-14-13-25-22-12-11-21(23(25)26)16-24(17-22)15-18-7-9-20(10-8-18)19-5-3-2-4-6-19/h2-10,21-22H,11-17H2,1H3/t21-,22+/m1/s1. The molecule has 0 radical (unpaired) electrons. The van der Waals surface area contributed by atoms with E-state index in [0.717, 1.165) is 39.0 Å². The van der Waals surface area contributed by atoms with Crippen molar-refractivity contribution in [2.45, 2.75) is 25.4 Å². The van der Waals surface area contributed by atoms with Gasteiger partial charge in [-0.05, 0) is 29.5 Å². The van der Waals surface area contributed by atoms with Crippen molar-refractivity contribution in [1.82, 2.24) is 9.80 Å². The number of carbonyl (C=O) groups is 1. The largest absolute Gasteiger partial charge is 0.383 e. The topological polar surface area (TPSA) is 32.8 Å². The Balaban J connectivity index is 1.43. The highest BCUT2D eigenvalue weighted by Crippen LogP contribution is 2.30. The van der Waals surface area contributed by atoms with Crippen LogP contribution in [0.2, 0.25) is 0 Å². The Hall–Kier alpha value is -2.17. The first-order chi connectivity index (χ1) is 13.2. The van der Waals surface area contributed by atoms with E-state index in [0.29, 0.717) is 18.6 Å². The Morgan fingerprint density at radius 3 is 2.44 bits per heavy atom. The quantitative estimate of drug-likeness (QED) is 0.787. The lowest BCUT2D eigenvalue weighted by Crippen LogP contribution is -2.49. The Labute approximate surface area is 161 Å². The van der Waals surface area contributed by atoms with Crippen molar-refractivity contribution in [1.29, 1.82) is 0 Å². The van der Waals surface area contributed by atoms with Crippen LogP contribution in [-0.2, 0) is 16.1 Å². The minimum atomic E-state index is 0.143. The first-order valence-corrected chi connectivity index (χ1v) is 9.91. The van der Waals surface area contributed by atoms with Crippen LogP contribution in [0.25, 0.3) is 11.1 Å². The van der Waals surface area contributed by atoms with E-state index in [9.17, 15) is 4.79 Å². The maximum Gasteiger partial charge on any atom is 0.227 e. The number of amides is 1. The van der Waals surface area contributed by atoms with E-state index in [1.54, 1.807) is 7.11 Å². The molecule has 5 rings (SSSR count). The van der Waals surface area contributed by atoms with E-state index in [1.807, 2.05) is 6.07 Å². The van der Waals surface area contributed by atoms with Gasteiger partial charge in [-0.15, -0.1) is 0 Å². The van der Waals surface area contributed by atoms with E-state index < -0.39 is 0 Å². The van der Waals surface area contributed by atoms with Gasteiger partial charge in [0.05, 0.1) is 12.5 Å². The van der Waals surface area contributed by atoms with Crippen LogP contribution < -0.4 is 0 Å². The second-order valence-electron chi connectivity index (χ2n) is 7.71. The number of methoxy groups -OCH3 is 1. The molecule has 3 saturated heterocycles. The zero-order valence-electron chi connectivity index (χ0n) is 16.0. The molecule has 3 aliphatic rings. The van der Waals surface area contributed by atoms with E-state index in [-0.39, 0.29) is 5.92 Å². The number of hydrogen-bond donors (Lipinski definition) is 0. The fraction of sp³-hybridized carbons (Fsp3) is 0.435. The lowest BCUT2D eigenvalue weighted by atomic mass is 9.94. The molecule has 0 N–H and O–H groups in total. The first-order valence-electron chi connectivity index (χ1n) is 9.91. The second-order valence-corrected chi connectivity index (χ2v) is 7.71. The fourth-order valence-electron chi connectivity index (χ4n) is 4.43. The van der Waals surface area contributed by atoms with Crippen LogP contribution in [0.1, 0.15) is 18.4 Å². The Kier molecular flexibility index (Phi) is 5.55. The molecular formula is C23H28N2O2. The highest BCUT2D eigenvalue weighted by Gasteiger charge is 2.40. The van der Waals surface area contributed by atoms with Gasteiger partial charge in [-0.2, -0.15) is 0 Å². The highest BCUT2D eigenvalue weighted by atomic mass is 16.5. The number of piperidine rings is 1. The van der Waals surface area contributed by atoms with E-state index in [1.165, 1.54) is 16.7 Å². The molecule has 2 atom stereocenters. The summed E-state index contributed by atoms with van der Waals surface area (Å²) in [7, 11) is 1.70. The minimum Gasteiger partial charge on any atom is -0.383 e. The monoisotopic (exact) mass is 364 g/mol. The van der Waals surface area contributed by atoms with Crippen molar-refractivity contribution in [3.8, 4) is 11.1 Å². The summed E-state index contributed by atoms with van der Waals surface area (Å²) < 4.78 is 5.20. The minimum absolute atomic E-state index is 0.143. The number of nitrogens with zero attached hydrogens (tertiary/aromatic N) is 2. The highest BCUT2D eigenvalue weighted by molar-refractivity contribution is 5.80. The van der Waals surface area contributed by atoms with Crippen molar-refractivity contribution in [2.75, 3.05) is 33.4 Å². The third kappa shape index (κ3) is 4.07. The van der Waals surface area contributed by atoms with Crippen LogP contribution in [0.15, 0.2) is 54.6 Å². The smallest absolute Gasteiger partial charge is 0.227 e. The molecule has 3 heterocycles. The first kappa shape index (κ1) is 18.2. The molecule has 142 valence electrons. The predicted molar refractivity (Wildman–Crippen MR) is 107 cm³/mol. The van der Waals surface area contributed by atoms with Gasteiger partial charge in [0.2, 0.25) is 5.91 Å². The van der Waals surface area contributed by atoms with Crippen molar-refractivity contribution in [2.24, 2.45) is 5.92 Å². The number of fused-ring (bicyclic) bond motifs is 4. The summed E-state index contributed by atoms with van der Waals surface area (Å²) in [6, 6.07) is 19.6. The lowest BCUT2D eigenvalue weighted by molar-refractivity contribution is -0.140. The normalized spacial score (nSPS) is 22.9. The van der Waals surface area contributed by atoms with Crippen LogP contribution in [0.4, 0.5) is 0 Å². The molecule has 2 bridgehead atoms. The number of ether oxygens (including phenoxy) is 1. The van der Waals surface area contributed by atoms with Crippen LogP contribution in [0, 0.1) is 5.92 Å².